The monoisotopic (exact) mass is 221 g/mol. The van der Waals surface area contributed by atoms with Crippen LogP contribution < -0.4 is 5.73 Å². The van der Waals surface area contributed by atoms with Gasteiger partial charge in [-0.05, 0) is 24.6 Å². The molecular formula is C12H16FNSi. The zero-order chi connectivity index (χ0) is 11.6. The van der Waals surface area contributed by atoms with Gasteiger partial charge in [0.1, 0.15) is 13.9 Å². The number of benzene rings is 1. The molecule has 1 aromatic rings. The highest BCUT2D eigenvalue weighted by atomic mass is 28.3. The largest absolute Gasteiger partial charge is 0.395 e. The molecule has 0 radical (unpaired) electrons. The zero-order valence-corrected chi connectivity index (χ0v) is 10.6. The van der Waals surface area contributed by atoms with Gasteiger partial charge in [0.25, 0.3) is 0 Å². The minimum Gasteiger partial charge on any atom is -0.395 e. The molecule has 0 bridgehead atoms. The summed E-state index contributed by atoms with van der Waals surface area (Å²) >= 11 is 0. The van der Waals surface area contributed by atoms with Gasteiger partial charge in [-0.2, -0.15) is 0 Å². The van der Waals surface area contributed by atoms with Crippen molar-refractivity contribution in [2.24, 2.45) is 0 Å². The van der Waals surface area contributed by atoms with Gasteiger partial charge >= 0.3 is 0 Å². The third-order valence-electron chi connectivity index (χ3n) is 1.85. The highest BCUT2D eigenvalue weighted by Crippen LogP contribution is 2.17. The first-order valence-corrected chi connectivity index (χ1v) is 8.38. The van der Waals surface area contributed by atoms with Crippen LogP contribution >= 0.6 is 0 Å². The molecule has 0 atom stereocenters. The zero-order valence-electron chi connectivity index (χ0n) is 9.61. The van der Waals surface area contributed by atoms with Crippen molar-refractivity contribution >= 4 is 13.8 Å². The van der Waals surface area contributed by atoms with Gasteiger partial charge in [0.05, 0.1) is 11.3 Å². The third-order valence-corrected chi connectivity index (χ3v) is 2.72. The Hall–Kier alpha value is -1.27. The Balaban J connectivity index is 3.20. The van der Waals surface area contributed by atoms with Crippen molar-refractivity contribution in [3.63, 3.8) is 0 Å². The molecule has 0 aliphatic carbocycles. The summed E-state index contributed by atoms with van der Waals surface area (Å²) in [5, 5.41) is 0. The van der Waals surface area contributed by atoms with Crippen molar-refractivity contribution in [3.05, 3.63) is 29.1 Å². The maximum absolute atomic E-state index is 13.3. The number of rotatable bonds is 0. The molecule has 0 aliphatic heterocycles. The molecule has 0 amide bonds. The Morgan fingerprint density at radius 3 is 2.40 bits per heavy atom. The number of nitrogen functional groups attached to an aromatic ring is 1. The Labute approximate surface area is 91.5 Å². The van der Waals surface area contributed by atoms with Gasteiger partial charge in [-0.15, -0.1) is 5.54 Å². The maximum Gasteiger partial charge on any atom is 0.147 e. The molecule has 0 aromatic heterocycles. The summed E-state index contributed by atoms with van der Waals surface area (Å²) in [6.45, 7) is 8.26. The van der Waals surface area contributed by atoms with E-state index >= 15 is 0 Å². The van der Waals surface area contributed by atoms with Gasteiger partial charge < -0.3 is 5.73 Å². The fourth-order valence-electron chi connectivity index (χ4n) is 1.11. The smallest absolute Gasteiger partial charge is 0.147 e. The number of nitrogens with two attached hydrogens (primary N) is 1. The fraction of sp³-hybridized carbons (Fsp3) is 0.333. The topological polar surface area (TPSA) is 26.0 Å². The molecule has 0 fully saturated rings. The minimum absolute atomic E-state index is 0.159. The van der Waals surface area contributed by atoms with Crippen LogP contribution in [-0.4, -0.2) is 8.07 Å². The average Bonchev–Trinajstić information content (AvgIpc) is 2.07. The van der Waals surface area contributed by atoms with E-state index < -0.39 is 8.07 Å². The van der Waals surface area contributed by atoms with E-state index in [0.29, 0.717) is 5.56 Å². The van der Waals surface area contributed by atoms with Gasteiger partial charge in [0.2, 0.25) is 0 Å². The summed E-state index contributed by atoms with van der Waals surface area (Å²) in [6, 6.07) is 3.25. The van der Waals surface area contributed by atoms with E-state index in [4.69, 9.17) is 5.73 Å². The van der Waals surface area contributed by atoms with E-state index in [1.807, 2.05) is 13.0 Å². The molecule has 0 aliphatic rings. The van der Waals surface area contributed by atoms with Gasteiger partial charge in [-0.25, -0.2) is 4.39 Å². The summed E-state index contributed by atoms with van der Waals surface area (Å²) in [5.74, 6) is 2.60. The van der Waals surface area contributed by atoms with E-state index in [0.717, 1.165) is 5.56 Å². The summed E-state index contributed by atoms with van der Waals surface area (Å²) in [4.78, 5) is 0. The maximum atomic E-state index is 13.3. The minimum atomic E-state index is -1.44. The predicted molar refractivity (Wildman–Crippen MR) is 65.8 cm³/mol. The van der Waals surface area contributed by atoms with Gasteiger partial charge in [-0.3, -0.25) is 0 Å². The number of hydrogen-bond acceptors (Lipinski definition) is 1. The molecule has 0 heterocycles. The standard InChI is InChI=1S/C12H16FNSi/c1-9-7-10(5-6-15(2,3)4)12(14)11(13)8-9/h7-8H,14H2,1-4H3. The molecule has 3 heteroatoms. The van der Waals surface area contributed by atoms with E-state index in [1.165, 1.54) is 6.07 Å². The summed E-state index contributed by atoms with van der Waals surface area (Å²) < 4.78 is 13.3. The second-order valence-electron chi connectivity index (χ2n) is 4.71. The molecule has 1 rings (SSSR count). The molecule has 0 unspecified atom stereocenters. The van der Waals surface area contributed by atoms with Crippen LogP contribution in [0.3, 0.4) is 0 Å². The lowest BCUT2D eigenvalue weighted by Crippen LogP contribution is -2.16. The molecule has 1 nitrogen and oxygen atoms in total. The lowest BCUT2D eigenvalue weighted by molar-refractivity contribution is 0.631. The second-order valence-corrected chi connectivity index (χ2v) is 9.46. The SMILES string of the molecule is Cc1cc(F)c(N)c(C#C[Si](C)(C)C)c1. The molecule has 1 aromatic carbocycles. The molecule has 15 heavy (non-hydrogen) atoms. The fourth-order valence-corrected chi connectivity index (χ4v) is 1.62. The van der Waals surface area contributed by atoms with Crippen LogP contribution in [0.25, 0.3) is 0 Å². The molecule has 0 spiro atoms. The Bertz CT molecular complexity index is 435. The van der Waals surface area contributed by atoms with Crippen molar-refractivity contribution in [1.82, 2.24) is 0 Å². The molecule has 0 saturated carbocycles. The number of anilines is 1. The van der Waals surface area contributed by atoms with Crippen LogP contribution in [0.4, 0.5) is 10.1 Å². The average molecular weight is 221 g/mol. The normalized spacial score (nSPS) is 10.7. The van der Waals surface area contributed by atoms with Crippen LogP contribution in [0.5, 0.6) is 0 Å². The molecule has 2 N–H and O–H groups in total. The van der Waals surface area contributed by atoms with Crippen molar-refractivity contribution in [1.29, 1.82) is 0 Å². The summed E-state index contributed by atoms with van der Waals surface area (Å²) in [6.07, 6.45) is 0. The summed E-state index contributed by atoms with van der Waals surface area (Å²) in [5.41, 5.74) is 10.4. The quantitative estimate of drug-likeness (QED) is 0.407. The Morgan fingerprint density at radius 1 is 1.27 bits per heavy atom. The van der Waals surface area contributed by atoms with Crippen LogP contribution in [0, 0.1) is 24.2 Å². The van der Waals surface area contributed by atoms with Gasteiger partial charge in [0, 0.05) is 0 Å². The number of hydrogen-bond donors (Lipinski definition) is 1. The highest BCUT2D eigenvalue weighted by molar-refractivity contribution is 6.83. The lowest BCUT2D eigenvalue weighted by Gasteiger charge is -2.05. The first-order valence-electron chi connectivity index (χ1n) is 4.88. The lowest BCUT2D eigenvalue weighted by atomic mass is 10.1. The highest BCUT2D eigenvalue weighted by Gasteiger charge is 2.09. The van der Waals surface area contributed by atoms with Crippen LogP contribution in [-0.2, 0) is 0 Å². The van der Waals surface area contributed by atoms with Crippen molar-refractivity contribution in [2.75, 3.05) is 5.73 Å². The Morgan fingerprint density at radius 2 is 1.87 bits per heavy atom. The second kappa shape index (κ2) is 4.07. The van der Waals surface area contributed by atoms with Crippen LogP contribution in [0.1, 0.15) is 11.1 Å². The van der Waals surface area contributed by atoms with E-state index in [-0.39, 0.29) is 11.5 Å². The first kappa shape index (κ1) is 11.8. The first-order chi connectivity index (χ1) is 6.79. The third kappa shape index (κ3) is 3.41. The number of aryl methyl sites for hydroxylation is 1. The van der Waals surface area contributed by atoms with Crippen molar-refractivity contribution < 1.29 is 4.39 Å². The predicted octanol–water partition coefficient (Wildman–Crippen LogP) is 2.95. The van der Waals surface area contributed by atoms with Crippen molar-refractivity contribution in [2.45, 2.75) is 26.6 Å². The van der Waals surface area contributed by atoms with E-state index in [9.17, 15) is 4.39 Å². The number of halogens is 1. The molecule has 80 valence electrons. The Kier molecular flexibility index (Phi) is 3.20. The summed E-state index contributed by atoms with van der Waals surface area (Å²) in [7, 11) is -1.44. The van der Waals surface area contributed by atoms with Crippen molar-refractivity contribution in [3.8, 4) is 11.5 Å². The van der Waals surface area contributed by atoms with Gasteiger partial charge in [0.15, 0.2) is 0 Å². The van der Waals surface area contributed by atoms with Gasteiger partial charge in [-0.1, -0.05) is 25.6 Å². The van der Waals surface area contributed by atoms with E-state index in [1.54, 1.807) is 0 Å². The van der Waals surface area contributed by atoms with E-state index in [2.05, 4.69) is 31.1 Å². The van der Waals surface area contributed by atoms with Crippen LogP contribution in [0.15, 0.2) is 12.1 Å². The van der Waals surface area contributed by atoms with Crippen LogP contribution in [0.2, 0.25) is 19.6 Å². The molecular weight excluding hydrogens is 205 g/mol. The molecule has 0 saturated heterocycles.